The van der Waals surface area contributed by atoms with Crippen LogP contribution in [0.15, 0.2) is 68.3 Å². The van der Waals surface area contributed by atoms with Crippen molar-refractivity contribution >= 4 is 17.8 Å². The SMILES string of the molecule is C=CCn1c(=O)[nH]c(C)c(Cc2nnc(SC/C=C/c3ccccc3)o2)c1=O. The molecule has 7 nitrogen and oxygen atoms in total. The quantitative estimate of drug-likeness (QED) is 0.465. The lowest BCUT2D eigenvalue weighted by Crippen LogP contribution is -2.37. The number of nitrogens with one attached hydrogen (secondary N) is 1. The van der Waals surface area contributed by atoms with E-state index in [0.29, 0.717) is 28.1 Å². The van der Waals surface area contributed by atoms with Crippen LogP contribution in [0.25, 0.3) is 6.08 Å². The maximum Gasteiger partial charge on any atom is 0.328 e. The molecule has 0 spiro atoms. The van der Waals surface area contributed by atoms with Crippen LogP contribution in [0.5, 0.6) is 0 Å². The van der Waals surface area contributed by atoms with Crippen molar-refractivity contribution in [2.45, 2.75) is 25.1 Å². The van der Waals surface area contributed by atoms with Crippen molar-refractivity contribution in [3.63, 3.8) is 0 Å². The van der Waals surface area contributed by atoms with Gasteiger partial charge in [0.1, 0.15) is 0 Å². The predicted molar refractivity (Wildman–Crippen MR) is 110 cm³/mol. The first-order chi connectivity index (χ1) is 13.6. The van der Waals surface area contributed by atoms with Gasteiger partial charge in [-0.25, -0.2) is 4.79 Å². The van der Waals surface area contributed by atoms with E-state index in [0.717, 1.165) is 10.1 Å². The van der Waals surface area contributed by atoms with E-state index in [1.54, 1.807) is 6.92 Å². The van der Waals surface area contributed by atoms with E-state index in [1.807, 2.05) is 42.5 Å². The van der Waals surface area contributed by atoms with Gasteiger partial charge in [-0.05, 0) is 12.5 Å². The van der Waals surface area contributed by atoms with Gasteiger partial charge >= 0.3 is 5.69 Å². The number of thioether (sulfide) groups is 1. The second-order valence-corrected chi connectivity index (χ2v) is 6.97. The Labute approximate surface area is 165 Å². The lowest BCUT2D eigenvalue weighted by atomic mass is 10.1. The van der Waals surface area contributed by atoms with Crippen LogP contribution in [0.3, 0.4) is 0 Å². The number of hydrogen-bond donors (Lipinski definition) is 1. The largest absolute Gasteiger partial charge is 0.416 e. The van der Waals surface area contributed by atoms with Gasteiger partial charge < -0.3 is 9.40 Å². The van der Waals surface area contributed by atoms with Crippen LogP contribution in [-0.4, -0.2) is 25.5 Å². The molecule has 0 aliphatic carbocycles. The lowest BCUT2D eigenvalue weighted by Gasteiger charge is -2.06. The van der Waals surface area contributed by atoms with Gasteiger partial charge in [-0.1, -0.05) is 60.3 Å². The molecule has 0 amide bonds. The van der Waals surface area contributed by atoms with E-state index in [2.05, 4.69) is 21.8 Å². The standard InChI is InChI=1S/C20H20N4O3S/c1-3-11-24-18(25)16(14(2)21-19(24)26)13-17-22-23-20(27-17)28-12-7-10-15-8-5-4-6-9-15/h3-10H,1,11-13H2,2H3,(H,21,26)/b10-7+. The van der Waals surface area contributed by atoms with Gasteiger partial charge in [-0.3, -0.25) is 9.36 Å². The van der Waals surface area contributed by atoms with Crippen molar-refractivity contribution in [3.8, 4) is 0 Å². The first-order valence-electron chi connectivity index (χ1n) is 8.68. The minimum atomic E-state index is -0.460. The molecule has 0 aliphatic rings. The molecule has 3 aromatic rings. The van der Waals surface area contributed by atoms with Crippen molar-refractivity contribution < 1.29 is 4.42 Å². The van der Waals surface area contributed by atoms with Crippen LogP contribution in [0.1, 0.15) is 22.7 Å². The highest BCUT2D eigenvalue weighted by atomic mass is 32.2. The van der Waals surface area contributed by atoms with Crippen LogP contribution in [0.2, 0.25) is 0 Å². The lowest BCUT2D eigenvalue weighted by molar-refractivity contribution is 0.419. The molecule has 2 heterocycles. The van der Waals surface area contributed by atoms with Crippen molar-refractivity contribution in [1.82, 2.24) is 19.7 Å². The van der Waals surface area contributed by atoms with Gasteiger partial charge in [0.15, 0.2) is 0 Å². The van der Waals surface area contributed by atoms with Crippen LogP contribution >= 0.6 is 11.8 Å². The van der Waals surface area contributed by atoms with E-state index in [-0.39, 0.29) is 18.5 Å². The summed E-state index contributed by atoms with van der Waals surface area (Å²) in [5.41, 5.74) is 1.20. The van der Waals surface area contributed by atoms with E-state index >= 15 is 0 Å². The number of benzene rings is 1. The Bertz CT molecular complexity index is 1100. The Morgan fingerprint density at radius 3 is 2.79 bits per heavy atom. The second kappa shape index (κ2) is 9.18. The molecule has 0 radical (unpaired) electrons. The van der Waals surface area contributed by atoms with Gasteiger partial charge in [0.05, 0.1) is 6.42 Å². The summed E-state index contributed by atoms with van der Waals surface area (Å²) in [6.07, 6.45) is 5.70. The number of hydrogen-bond acceptors (Lipinski definition) is 6. The first kappa shape index (κ1) is 19.6. The molecule has 3 rings (SSSR count). The molecule has 0 saturated heterocycles. The van der Waals surface area contributed by atoms with Crippen molar-refractivity contribution in [3.05, 3.63) is 92.6 Å². The third-order valence-corrected chi connectivity index (χ3v) is 4.77. The van der Waals surface area contributed by atoms with Crippen molar-refractivity contribution in [1.29, 1.82) is 0 Å². The van der Waals surface area contributed by atoms with Crippen LogP contribution in [-0.2, 0) is 13.0 Å². The maximum absolute atomic E-state index is 12.5. The normalized spacial score (nSPS) is 11.2. The average molecular weight is 396 g/mol. The summed E-state index contributed by atoms with van der Waals surface area (Å²) < 4.78 is 6.72. The number of aromatic amines is 1. The molecule has 0 saturated carbocycles. The zero-order valence-electron chi connectivity index (χ0n) is 15.4. The van der Waals surface area contributed by atoms with Crippen molar-refractivity contribution in [2.24, 2.45) is 0 Å². The molecule has 0 bridgehead atoms. The van der Waals surface area contributed by atoms with Crippen LogP contribution in [0.4, 0.5) is 0 Å². The molecule has 1 aromatic carbocycles. The fraction of sp³-hybridized carbons (Fsp3) is 0.200. The molecule has 1 N–H and O–H groups in total. The van der Waals surface area contributed by atoms with Crippen LogP contribution < -0.4 is 11.2 Å². The molecule has 8 heteroatoms. The van der Waals surface area contributed by atoms with Crippen LogP contribution in [0, 0.1) is 6.92 Å². The summed E-state index contributed by atoms with van der Waals surface area (Å²) in [6, 6.07) is 10.00. The Kier molecular flexibility index (Phi) is 6.44. The third-order valence-electron chi connectivity index (χ3n) is 4.00. The Hall–Kier alpha value is -3.13. The molecule has 0 atom stereocenters. The molecule has 0 aliphatic heterocycles. The number of nitrogens with zero attached hydrogens (tertiary/aromatic N) is 3. The molecular weight excluding hydrogens is 376 g/mol. The zero-order chi connectivity index (χ0) is 19.9. The monoisotopic (exact) mass is 396 g/mol. The molecule has 2 aromatic heterocycles. The molecule has 28 heavy (non-hydrogen) atoms. The summed E-state index contributed by atoms with van der Waals surface area (Å²) in [4.78, 5) is 27.1. The molecular formula is C20H20N4O3S. The Balaban J connectivity index is 1.67. The van der Waals surface area contributed by atoms with Gasteiger partial charge in [-0.2, -0.15) is 0 Å². The molecule has 0 unspecified atom stereocenters. The van der Waals surface area contributed by atoms with E-state index in [1.165, 1.54) is 17.8 Å². The topological polar surface area (TPSA) is 93.8 Å². The highest BCUT2D eigenvalue weighted by Crippen LogP contribution is 2.18. The highest BCUT2D eigenvalue weighted by molar-refractivity contribution is 7.99. The molecule has 144 valence electrons. The van der Waals surface area contributed by atoms with Gasteiger partial charge in [0.25, 0.3) is 10.8 Å². The second-order valence-electron chi connectivity index (χ2n) is 6.00. The number of H-pyrrole nitrogens is 1. The minimum Gasteiger partial charge on any atom is -0.416 e. The fourth-order valence-electron chi connectivity index (χ4n) is 2.61. The summed E-state index contributed by atoms with van der Waals surface area (Å²) in [5.74, 6) is 1.01. The van der Waals surface area contributed by atoms with E-state index < -0.39 is 5.69 Å². The van der Waals surface area contributed by atoms with E-state index in [9.17, 15) is 9.59 Å². The Morgan fingerprint density at radius 1 is 1.25 bits per heavy atom. The predicted octanol–water partition coefficient (Wildman–Crippen LogP) is 2.81. The van der Waals surface area contributed by atoms with Gasteiger partial charge in [-0.15, -0.1) is 16.8 Å². The number of aromatic nitrogens is 4. The number of rotatable bonds is 8. The maximum atomic E-state index is 12.5. The first-order valence-corrected chi connectivity index (χ1v) is 9.67. The summed E-state index contributed by atoms with van der Waals surface area (Å²) in [6.45, 7) is 5.39. The number of allylic oxidation sites excluding steroid dienone is 1. The highest BCUT2D eigenvalue weighted by Gasteiger charge is 2.15. The third kappa shape index (κ3) is 4.77. The summed E-state index contributed by atoms with van der Waals surface area (Å²) in [7, 11) is 0. The summed E-state index contributed by atoms with van der Waals surface area (Å²) in [5, 5.41) is 8.45. The Morgan fingerprint density at radius 2 is 2.04 bits per heavy atom. The minimum absolute atomic E-state index is 0.139. The van der Waals surface area contributed by atoms with Gasteiger partial charge in [0, 0.05) is 23.6 Å². The van der Waals surface area contributed by atoms with Gasteiger partial charge in [0.2, 0.25) is 5.89 Å². The fourth-order valence-corrected chi connectivity index (χ4v) is 3.20. The van der Waals surface area contributed by atoms with E-state index in [4.69, 9.17) is 4.42 Å². The smallest absolute Gasteiger partial charge is 0.328 e. The number of aryl methyl sites for hydroxylation is 1. The molecule has 0 fully saturated rings. The summed E-state index contributed by atoms with van der Waals surface area (Å²) >= 11 is 1.41. The average Bonchev–Trinajstić information content (AvgIpc) is 3.14. The van der Waals surface area contributed by atoms with Crippen molar-refractivity contribution in [2.75, 3.05) is 5.75 Å². The zero-order valence-corrected chi connectivity index (χ0v) is 16.2.